The molecule has 27 heavy (non-hydrogen) atoms. The molecule has 1 aromatic carbocycles. The van der Waals surface area contributed by atoms with Crippen molar-refractivity contribution in [3.63, 3.8) is 0 Å². The van der Waals surface area contributed by atoms with E-state index in [1.54, 1.807) is 23.5 Å². The Morgan fingerprint density at radius 2 is 1.89 bits per heavy atom. The van der Waals surface area contributed by atoms with Gasteiger partial charge >= 0.3 is 0 Å². The minimum absolute atomic E-state index is 0.0622. The maximum absolute atomic E-state index is 12.7. The molecule has 144 valence electrons. The lowest BCUT2D eigenvalue weighted by molar-refractivity contribution is -0.384. The van der Waals surface area contributed by atoms with E-state index in [-0.39, 0.29) is 16.8 Å². The van der Waals surface area contributed by atoms with E-state index >= 15 is 0 Å². The monoisotopic (exact) mass is 469 g/mol. The highest BCUT2D eigenvalue weighted by molar-refractivity contribution is 9.11. The molecular formula is C18H20BrN3O3S2. The first-order chi connectivity index (χ1) is 12.9. The standard InChI is InChI=1S/C18H20BrN3O3S2/c1-13(26-15-4-2-14(3-5-15)22(24)25)18(23)21-10-8-20(9-11-21)12-16-6-7-17(19)27-16/h2-7,13H,8-12H2,1H3. The van der Waals surface area contributed by atoms with Crippen LogP contribution in [0.25, 0.3) is 0 Å². The minimum atomic E-state index is -0.419. The molecule has 1 fully saturated rings. The summed E-state index contributed by atoms with van der Waals surface area (Å²) in [4.78, 5) is 29.5. The van der Waals surface area contributed by atoms with E-state index in [0.29, 0.717) is 0 Å². The van der Waals surface area contributed by atoms with Gasteiger partial charge < -0.3 is 4.90 Å². The van der Waals surface area contributed by atoms with Gasteiger partial charge in [-0.15, -0.1) is 23.1 Å². The number of benzene rings is 1. The molecule has 0 radical (unpaired) electrons. The number of nitro benzene ring substituents is 1. The highest BCUT2D eigenvalue weighted by Gasteiger charge is 2.25. The molecule has 2 aromatic rings. The lowest BCUT2D eigenvalue weighted by Crippen LogP contribution is -2.50. The van der Waals surface area contributed by atoms with Crippen LogP contribution in [0.1, 0.15) is 11.8 Å². The van der Waals surface area contributed by atoms with Crippen LogP contribution < -0.4 is 0 Å². The Morgan fingerprint density at radius 3 is 2.44 bits per heavy atom. The van der Waals surface area contributed by atoms with Crippen LogP contribution in [0.5, 0.6) is 0 Å². The van der Waals surface area contributed by atoms with Crippen LogP contribution in [0.2, 0.25) is 0 Å². The van der Waals surface area contributed by atoms with Crippen LogP contribution in [0, 0.1) is 10.1 Å². The second-order valence-electron chi connectivity index (χ2n) is 6.32. The normalized spacial score (nSPS) is 16.3. The number of hydrogen-bond acceptors (Lipinski definition) is 6. The topological polar surface area (TPSA) is 66.7 Å². The Hall–Kier alpha value is -1.42. The van der Waals surface area contributed by atoms with Crippen molar-refractivity contribution < 1.29 is 9.72 Å². The molecule has 1 atom stereocenters. The van der Waals surface area contributed by atoms with Gasteiger partial charge in [0.15, 0.2) is 0 Å². The van der Waals surface area contributed by atoms with Gasteiger partial charge in [-0.05, 0) is 47.1 Å². The number of halogens is 1. The highest BCUT2D eigenvalue weighted by Crippen LogP contribution is 2.27. The van der Waals surface area contributed by atoms with Crippen LogP contribution in [0.3, 0.4) is 0 Å². The molecule has 1 unspecified atom stereocenters. The summed E-state index contributed by atoms with van der Waals surface area (Å²) in [5.41, 5.74) is 0.0622. The molecule has 0 N–H and O–H groups in total. The first-order valence-electron chi connectivity index (χ1n) is 8.59. The fraction of sp³-hybridized carbons (Fsp3) is 0.389. The zero-order chi connectivity index (χ0) is 19.4. The molecule has 0 saturated carbocycles. The average Bonchev–Trinajstić information content (AvgIpc) is 3.07. The summed E-state index contributed by atoms with van der Waals surface area (Å²) in [7, 11) is 0. The first kappa shape index (κ1) is 20.3. The summed E-state index contributed by atoms with van der Waals surface area (Å²) in [5, 5.41) is 10.5. The van der Waals surface area contributed by atoms with Crippen molar-refractivity contribution in [2.24, 2.45) is 0 Å². The van der Waals surface area contributed by atoms with Gasteiger partial charge in [0.1, 0.15) is 0 Å². The molecular weight excluding hydrogens is 450 g/mol. The van der Waals surface area contributed by atoms with Crippen molar-refractivity contribution in [1.82, 2.24) is 9.80 Å². The van der Waals surface area contributed by atoms with Gasteiger partial charge in [-0.1, -0.05) is 0 Å². The Morgan fingerprint density at radius 1 is 1.22 bits per heavy atom. The first-order valence-corrected chi connectivity index (χ1v) is 11.1. The summed E-state index contributed by atoms with van der Waals surface area (Å²) in [6.45, 7) is 6.02. The molecule has 1 saturated heterocycles. The third-order valence-corrected chi connectivity index (χ3v) is 7.11. The molecule has 3 rings (SSSR count). The highest BCUT2D eigenvalue weighted by atomic mass is 79.9. The van der Waals surface area contributed by atoms with Gasteiger partial charge in [0.05, 0.1) is 14.0 Å². The van der Waals surface area contributed by atoms with Gasteiger partial charge in [0.25, 0.3) is 5.69 Å². The minimum Gasteiger partial charge on any atom is -0.339 e. The van der Waals surface area contributed by atoms with Gasteiger partial charge in [-0.25, -0.2) is 0 Å². The van der Waals surface area contributed by atoms with Gasteiger partial charge in [-0.2, -0.15) is 0 Å². The molecule has 0 spiro atoms. The van der Waals surface area contributed by atoms with Crippen LogP contribution in [-0.2, 0) is 11.3 Å². The van der Waals surface area contributed by atoms with E-state index in [9.17, 15) is 14.9 Å². The third-order valence-electron chi connectivity index (χ3n) is 4.40. The van der Waals surface area contributed by atoms with Gasteiger partial charge in [0.2, 0.25) is 5.91 Å². The van der Waals surface area contributed by atoms with E-state index in [1.807, 2.05) is 11.8 Å². The summed E-state index contributed by atoms with van der Waals surface area (Å²) in [6.07, 6.45) is 0. The lowest BCUT2D eigenvalue weighted by atomic mass is 10.2. The molecule has 6 nitrogen and oxygen atoms in total. The SMILES string of the molecule is CC(Sc1ccc([N+](=O)[O-])cc1)C(=O)N1CCN(Cc2ccc(Br)s2)CC1. The number of carbonyl (C=O) groups is 1. The lowest BCUT2D eigenvalue weighted by Gasteiger charge is -2.35. The van der Waals surface area contributed by atoms with Crippen LogP contribution in [0.15, 0.2) is 45.1 Å². The van der Waals surface area contributed by atoms with Crippen molar-refractivity contribution in [2.75, 3.05) is 26.2 Å². The number of piperazine rings is 1. The predicted octanol–water partition coefficient (Wildman–Crippen LogP) is 4.24. The van der Waals surface area contributed by atoms with Crippen molar-refractivity contribution in [2.45, 2.75) is 23.6 Å². The third kappa shape index (κ3) is 5.54. The zero-order valence-corrected chi connectivity index (χ0v) is 18.1. The van der Waals surface area contributed by atoms with Crippen molar-refractivity contribution >= 4 is 50.6 Å². The Balaban J connectivity index is 1.48. The number of nitro groups is 1. The molecule has 9 heteroatoms. The van der Waals surface area contributed by atoms with Gasteiger partial charge in [0, 0.05) is 54.6 Å². The molecule has 0 bridgehead atoms. The fourth-order valence-electron chi connectivity index (χ4n) is 2.94. The number of non-ortho nitro benzene ring substituents is 1. The second kappa shape index (κ2) is 9.18. The number of hydrogen-bond donors (Lipinski definition) is 0. The quantitative estimate of drug-likeness (QED) is 0.359. The number of thioether (sulfide) groups is 1. The van der Waals surface area contributed by atoms with E-state index < -0.39 is 4.92 Å². The summed E-state index contributed by atoms with van der Waals surface area (Å²) < 4.78 is 1.14. The maximum atomic E-state index is 12.7. The Labute approximate surface area is 174 Å². The maximum Gasteiger partial charge on any atom is 0.269 e. The number of nitrogens with zero attached hydrogens (tertiary/aromatic N) is 3. The van der Waals surface area contributed by atoms with E-state index in [1.165, 1.54) is 28.8 Å². The number of thiophene rings is 1. The number of carbonyl (C=O) groups excluding carboxylic acids is 1. The second-order valence-corrected chi connectivity index (χ2v) is 10.3. The Kier molecular flexibility index (Phi) is 6.91. The summed E-state index contributed by atoms with van der Waals surface area (Å²) >= 11 is 6.68. The average molecular weight is 470 g/mol. The largest absolute Gasteiger partial charge is 0.339 e. The van der Waals surface area contributed by atoms with Crippen LogP contribution in [0.4, 0.5) is 5.69 Å². The molecule has 1 aliphatic rings. The molecule has 1 amide bonds. The molecule has 1 aromatic heterocycles. The van der Waals surface area contributed by atoms with E-state index in [2.05, 4.69) is 33.0 Å². The zero-order valence-electron chi connectivity index (χ0n) is 14.8. The molecule has 2 heterocycles. The summed E-state index contributed by atoms with van der Waals surface area (Å²) in [5.74, 6) is 0.122. The van der Waals surface area contributed by atoms with Gasteiger partial charge in [-0.3, -0.25) is 19.8 Å². The van der Waals surface area contributed by atoms with Crippen molar-refractivity contribution in [3.05, 3.63) is 55.2 Å². The number of rotatable bonds is 6. The number of amides is 1. The predicted molar refractivity (Wildman–Crippen MR) is 112 cm³/mol. The van der Waals surface area contributed by atoms with E-state index in [4.69, 9.17) is 0 Å². The van der Waals surface area contributed by atoms with Crippen molar-refractivity contribution in [3.8, 4) is 0 Å². The Bertz CT molecular complexity index is 804. The fourth-order valence-corrected chi connectivity index (χ4v) is 5.42. The molecule has 0 aliphatic carbocycles. The van der Waals surface area contributed by atoms with Crippen LogP contribution in [-0.4, -0.2) is 52.1 Å². The summed E-state index contributed by atoms with van der Waals surface area (Å²) in [6, 6.07) is 10.5. The smallest absolute Gasteiger partial charge is 0.269 e. The van der Waals surface area contributed by atoms with Crippen LogP contribution >= 0.6 is 39.0 Å². The molecule has 1 aliphatic heterocycles. The van der Waals surface area contributed by atoms with Crippen molar-refractivity contribution in [1.29, 1.82) is 0 Å². The van der Waals surface area contributed by atoms with E-state index in [0.717, 1.165) is 41.4 Å².